The van der Waals surface area contributed by atoms with Crippen LogP contribution in [0.15, 0.2) is 39.3 Å². The Morgan fingerprint density at radius 2 is 1.86 bits per heavy atom. The van der Waals surface area contributed by atoms with E-state index in [1.807, 2.05) is 0 Å². The number of ether oxygens (including phenoxy) is 2. The zero-order valence-electron chi connectivity index (χ0n) is 11.2. The fourth-order valence-corrected chi connectivity index (χ4v) is 3.28. The van der Waals surface area contributed by atoms with E-state index in [2.05, 4.69) is 37.9 Å². The molecule has 0 unspecified atom stereocenters. The molecule has 0 saturated carbocycles. The van der Waals surface area contributed by atoms with Crippen LogP contribution >= 0.6 is 31.9 Å². The van der Waals surface area contributed by atoms with Crippen LogP contribution in [-0.4, -0.2) is 7.11 Å². The quantitative estimate of drug-likeness (QED) is 0.763. The first-order valence-electron chi connectivity index (χ1n) is 5.99. The van der Waals surface area contributed by atoms with Gasteiger partial charge in [-0.15, -0.1) is 0 Å². The highest BCUT2D eigenvalue weighted by molar-refractivity contribution is 9.11. The average Bonchev–Trinajstić information content (AvgIpc) is 2.45. The highest BCUT2D eigenvalue weighted by Gasteiger charge is 2.11. The summed E-state index contributed by atoms with van der Waals surface area (Å²) in [7, 11) is 1.58. The minimum atomic E-state index is 0.278. The molecule has 108 valence electrons. The van der Waals surface area contributed by atoms with Crippen molar-refractivity contribution in [3.63, 3.8) is 0 Å². The van der Waals surface area contributed by atoms with Crippen LogP contribution < -0.4 is 15.2 Å². The van der Waals surface area contributed by atoms with Crippen molar-refractivity contribution in [3.8, 4) is 17.6 Å². The molecule has 0 aliphatic rings. The largest absolute Gasteiger partial charge is 0.496 e. The molecule has 6 heteroatoms. The van der Waals surface area contributed by atoms with Crippen LogP contribution in [0.3, 0.4) is 0 Å². The number of nitrogen functional groups attached to an aromatic ring is 1. The van der Waals surface area contributed by atoms with Gasteiger partial charge in [0.2, 0.25) is 0 Å². The normalized spacial score (nSPS) is 10.0. The number of anilines is 1. The van der Waals surface area contributed by atoms with Crippen molar-refractivity contribution in [2.24, 2.45) is 0 Å². The summed E-state index contributed by atoms with van der Waals surface area (Å²) >= 11 is 6.83. The Bertz CT molecular complexity index is 688. The SMILES string of the molecule is COc1ccc(C#N)cc1COc1c(Br)cc(N)cc1Br. The smallest absolute Gasteiger partial charge is 0.148 e. The summed E-state index contributed by atoms with van der Waals surface area (Å²) in [6.07, 6.45) is 0. The first-order valence-corrected chi connectivity index (χ1v) is 7.58. The number of benzene rings is 2. The van der Waals surface area contributed by atoms with Crippen molar-refractivity contribution in [1.82, 2.24) is 0 Å². The number of hydrogen-bond acceptors (Lipinski definition) is 4. The van der Waals surface area contributed by atoms with Gasteiger partial charge in [-0.05, 0) is 62.2 Å². The molecule has 0 atom stereocenters. The summed E-state index contributed by atoms with van der Waals surface area (Å²) in [4.78, 5) is 0. The molecule has 21 heavy (non-hydrogen) atoms. The van der Waals surface area contributed by atoms with E-state index in [0.29, 0.717) is 22.7 Å². The lowest BCUT2D eigenvalue weighted by molar-refractivity contribution is 0.293. The number of methoxy groups -OCH3 is 1. The van der Waals surface area contributed by atoms with Crippen LogP contribution in [0.2, 0.25) is 0 Å². The summed E-state index contributed by atoms with van der Waals surface area (Å²) in [5.41, 5.74) is 7.74. The number of halogens is 2. The second-order valence-electron chi connectivity index (χ2n) is 4.24. The maximum atomic E-state index is 8.97. The minimum Gasteiger partial charge on any atom is -0.496 e. The Morgan fingerprint density at radius 3 is 2.43 bits per heavy atom. The number of rotatable bonds is 4. The summed E-state index contributed by atoms with van der Waals surface area (Å²) in [5, 5.41) is 8.97. The van der Waals surface area contributed by atoms with Crippen molar-refractivity contribution in [2.75, 3.05) is 12.8 Å². The maximum absolute atomic E-state index is 8.97. The zero-order chi connectivity index (χ0) is 15.4. The second-order valence-corrected chi connectivity index (χ2v) is 5.95. The molecule has 0 spiro atoms. The van der Waals surface area contributed by atoms with E-state index in [-0.39, 0.29) is 6.61 Å². The predicted octanol–water partition coefficient (Wildman–Crippen LogP) is 4.25. The van der Waals surface area contributed by atoms with Crippen LogP contribution in [-0.2, 0) is 6.61 Å². The Hall–Kier alpha value is -1.71. The molecule has 2 N–H and O–H groups in total. The van der Waals surface area contributed by atoms with Gasteiger partial charge in [0, 0.05) is 11.3 Å². The lowest BCUT2D eigenvalue weighted by Crippen LogP contribution is -2.01. The summed E-state index contributed by atoms with van der Waals surface area (Å²) in [6, 6.07) is 10.8. The Morgan fingerprint density at radius 1 is 1.19 bits per heavy atom. The monoisotopic (exact) mass is 410 g/mol. The van der Waals surface area contributed by atoms with Crippen molar-refractivity contribution >= 4 is 37.5 Å². The second kappa shape index (κ2) is 6.83. The molecular formula is C15H12Br2N2O2. The minimum absolute atomic E-state index is 0.278. The van der Waals surface area contributed by atoms with Crippen molar-refractivity contribution in [2.45, 2.75) is 6.61 Å². The van der Waals surface area contributed by atoms with Crippen LogP contribution in [0.4, 0.5) is 5.69 Å². The third-order valence-electron chi connectivity index (χ3n) is 2.80. The molecule has 0 amide bonds. The average molecular weight is 412 g/mol. The molecule has 0 bridgehead atoms. The lowest BCUT2D eigenvalue weighted by Gasteiger charge is -2.13. The highest BCUT2D eigenvalue weighted by Crippen LogP contribution is 2.36. The molecule has 4 nitrogen and oxygen atoms in total. The molecule has 0 fully saturated rings. The molecule has 2 aromatic rings. The molecule has 2 aromatic carbocycles. The first-order chi connectivity index (χ1) is 10.0. The van der Waals surface area contributed by atoms with Gasteiger partial charge < -0.3 is 15.2 Å². The van der Waals surface area contributed by atoms with E-state index in [1.165, 1.54) is 0 Å². The predicted molar refractivity (Wildman–Crippen MR) is 88.3 cm³/mol. The van der Waals surface area contributed by atoms with Crippen molar-refractivity contribution < 1.29 is 9.47 Å². The zero-order valence-corrected chi connectivity index (χ0v) is 14.4. The molecule has 0 radical (unpaired) electrons. The van der Waals surface area contributed by atoms with Crippen LogP contribution in [0.5, 0.6) is 11.5 Å². The van der Waals surface area contributed by atoms with Gasteiger partial charge in [-0.2, -0.15) is 5.26 Å². The molecule has 0 heterocycles. The van der Waals surface area contributed by atoms with Gasteiger partial charge in [-0.1, -0.05) is 0 Å². The van der Waals surface area contributed by atoms with Crippen LogP contribution in [0, 0.1) is 11.3 Å². The third kappa shape index (κ3) is 3.69. The van der Waals surface area contributed by atoms with Gasteiger partial charge in [0.25, 0.3) is 0 Å². The first kappa shape index (κ1) is 15.7. The Kier molecular flexibility index (Phi) is 5.10. The lowest BCUT2D eigenvalue weighted by atomic mass is 10.1. The van der Waals surface area contributed by atoms with Crippen molar-refractivity contribution in [3.05, 3.63) is 50.4 Å². The topological polar surface area (TPSA) is 68.3 Å². The standard InChI is InChI=1S/C15H12Br2N2O2/c1-20-14-3-2-9(7-18)4-10(14)8-21-15-12(16)5-11(19)6-13(15)17/h2-6H,8,19H2,1H3. The van der Waals surface area contributed by atoms with E-state index in [4.69, 9.17) is 20.5 Å². The van der Waals surface area contributed by atoms with Crippen molar-refractivity contribution in [1.29, 1.82) is 5.26 Å². The maximum Gasteiger partial charge on any atom is 0.148 e. The Labute approximate surface area is 139 Å². The van der Waals surface area contributed by atoms with Gasteiger partial charge in [0.1, 0.15) is 18.1 Å². The molecule has 0 saturated heterocycles. The highest BCUT2D eigenvalue weighted by atomic mass is 79.9. The third-order valence-corrected chi connectivity index (χ3v) is 3.98. The molecule has 2 rings (SSSR count). The fraction of sp³-hybridized carbons (Fsp3) is 0.133. The van der Waals surface area contributed by atoms with Gasteiger partial charge in [0.05, 0.1) is 27.7 Å². The van der Waals surface area contributed by atoms with Gasteiger partial charge in [-0.25, -0.2) is 0 Å². The van der Waals surface area contributed by atoms with E-state index in [1.54, 1.807) is 37.4 Å². The van der Waals surface area contributed by atoms with Crippen LogP contribution in [0.1, 0.15) is 11.1 Å². The molecule has 0 aromatic heterocycles. The molecule has 0 aliphatic carbocycles. The van der Waals surface area contributed by atoms with E-state index in [9.17, 15) is 0 Å². The summed E-state index contributed by atoms with van der Waals surface area (Å²) < 4.78 is 12.6. The van der Waals surface area contributed by atoms with Gasteiger partial charge in [-0.3, -0.25) is 0 Å². The number of nitriles is 1. The van der Waals surface area contributed by atoms with Gasteiger partial charge in [0.15, 0.2) is 0 Å². The number of hydrogen-bond donors (Lipinski definition) is 1. The van der Waals surface area contributed by atoms with E-state index >= 15 is 0 Å². The summed E-state index contributed by atoms with van der Waals surface area (Å²) in [6.45, 7) is 0.278. The van der Waals surface area contributed by atoms with Crippen LogP contribution in [0.25, 0.3) is 0 Å². The molecular weight excluding hydrogens is 400 g/mol. The van der Waals surface area contributed by atoms with E-state index < -0.39 is 0 Å². The number of nitrogens with two attached hydrogens (primary N) is 1. The van der Waals surface area contributed by atoms with Gasteiger partial charge >= 0.3 is 0 Å². The fourth-order valence-electron chi connectivity index (χ4n) is 1.83. The Balaban J connectivity index is 2.26. The van der Waals surface area contributed by atoms with E-state index in [0.717, 1.165) is 14.5 Å². The summed E-state index contributed by atoms with van der Waals surface area (Å²) in [5.74, 6) is 1.32. The number of nitrogens with zero attached hydrogens (tertiary/aromatic N) is 1. The molecule has 0 aliphatic heterocycles.